The van der Waals surface area contributed by atoms with E-state index in [0.29, 0.717) is 18.7 Å². The fourth-order valence-corrected chi connectivity index (χ4v) is 5.02. The number of carbonyl (C=O) groups is 2. The van der Waals surface area contributed by atoms with Gasteiger partial charge in [-0.2, -0.15) is 4.31 Å². The first-order valence-corrected chi connectivity index (χ1v) is 12.1. The molecule has 9 heteroatoms. The average molecular weight is 468 g/mol. The average Bonchev–Trinajstić information content (AvgIpc) is 3.52. The predicted octanol–water partition coefficient (Wildman–Crippen LogP) is 3.34. The maximum atomic E-state index is 12.9. The van der Waals surface area contributed by atoms with Crippen molar-refractivity contribution in [2.24, 2.45) is 0 Å². The second-order valence-electron chi connectivity index (χ2n) is 7.89. The quantitative estimate of drug-likeness (QED) is 0.575. The van der Waals surface area contributed by atoms with Crippen molar-refractivity contribution in [3.63, 3.8) is 0 Å². The van der Waals surface area contributed by atoms with Crippen molar-refractivity contribution >= 4 is 27.5 Å². The van der Waals surface area contributed by atoms with Crippen molar-refractivity contribution in [3.05, 3.63) is 84.3 Å². The van der Waals surface area contributed by atoms with Crippen LogP contribution in [0.3, 0.4) is 0 Å². The molecule has 0 aliphatic carbocycles. The molecular weight excluding hydrogens is 442 g/mol. The Morgan fingerprint density at radius 2 is 1.79 bits per heavy atom. The zero-order valence-electron chi connectivity index (χ0n) is 18.2. The van der Waals surface area contributed by atoms with Crippen LogP contribution in [0.25, 0.3) is 0 Å². The molecule has 1 aliphatic heterocycles. The molecule has 1 unspecified atom stereocenters. The largest absolute Gasteiger partial charge is 0.459 e. The lowest BCUT2D eigenvalue weighted by molar-refractivity contribution is -0.119. The number of rotatable bonds is 7. The minimum Gasteiger partial charge on any atom is -0.459 e. The highest BCUT2D eigenvalue weighted by Crippen LogP contribution is 2.23. The Bertz CT molecular complexity index is 1210. The third-order valence-corrected chi connectivity index (χ3v) is 7.44. The summed E-state index contributed by atoms with van der Waals surface area (Å²) in [6.45, 7) is 0.728. The molecule has 2 amide bonds. The van der Waals surface area contributed by atoms with Crippen LogP contribution in [0.15, 0.2) is 82.3 Å². The van der Waals surface area contributed by atoms with Gasteiger partial charge in [0.05, 0.1) is 11.2 Å². The first kappa shape index (κ1) is 22.8. The van der Waals surface area contributed by atoms with Gasteiger partial charge in [-0.3, -0.25) is 9.59 Å². The maximum Gasteiger partial charge on any atom is 0.290 e. The molecule has 1 aliphatic rings. The third kappa shape index (κ3) is 4.99. The SMILES string of the molecule is CN(Cc1ccccc1)S(=O)(=O)c1ccc(NC(=O)C2CCCN2C(=O)c2ccco2)cc1. The second kappa shape index (κ2) is 9.60. The molecule has 0 saturated carbocycles. The first-order chi connectivity index (χ1) is 15.9. The summed E-state index contributed by atoms with van der Waals surface area (Å²) in [6, 6.07) is 18.0. The van der Waals surface area contributed by atoms with Crippen LogP contribution in [0.4, 0.5) is 5.69 Å². The van der Waals surface area contributed by atoms with E-state index in [1.807, 2.05) is 30.3 Å². The topological polar surface area (TPSA) is 99.9 Å². The molecule has 8 nitrogen and oxygen atoms in total. The monoisotopic (exact) mass is 467 g/mol. The summed E-state index contributed by atoms with van der Waals surface area (Å²) in [5.41, 5.74) is 1.35. The van der Waals surface area contributed by atoms with Gasteiger partial charge in [-0.1, -0.05) is 30.3 Å². The van der Waals surface area contributed by atoms with Crippen molar-refractivity contribution in [3.8, 4) is 0 Å². The molecule has 0 radical (unpaired) electrons. The molecule has 33 heavy (non-hydrogen) atoms. The van der Waals surface area contributed by atoms with Crippen LogP contribution in [-0.2, 0) is 21.4 Å². The van der Waals surface area contributed by atoms with Crippen molar-refractivity contribution in [2.45, 2.75) is 30.3 Å². The Morgan fingerprint density at radius 3 is 2.45 bits per heavy atom. The predicted molar refractivity (Wildman–Crippen MR) is 123 cm³/mol. The summed E-state index contributed by atoms with van der Waals surface area (Å²) < 4.78 is 32.2. The Kier molecular flexibility index (Phi) is 6.62. The molecule has 1 aromatic heterocycles. The molecule has 0 spiro atoms. The number of hydrogen-bond donors (Lipinski definition) is 1. The van der Waals surface area contributed by atoms with Crippen LogP contribution in [-0.4, -0.2) is 49.1 Å². The molecule has 3 aromatic rings. The van der Waals surface area contributed by atoms with Gasteiger partial charge in [0.1, 0.15) is 6.04 Å². The summed E-state index contributed by atoms with van der Waals surface area (Å²) in [6.07, 6.45) is 2.69. The minimum atomic E-state index is -3.69. The van der Waals surface area contributed by atoms with Crippen LogP contribution in [0, 0.1) is 0 Å². The summed E-state index contributed by atoms with van der Waals surface area (Å²) in [7, 11) is -2.16. The van der Waals surface area contributed by atoms with Gasteiger partial charge in [0.15, 0.2) is 5.76 Å². The molecular formula is C24H25N3O5S. The summed E-state index contributed by atoms with van der Waals surface area (Å²) in [4.78, 5) is 27.1. The van der Waals surface area contributed by atoms with Crippen molar-refractivity contribution in [2.75, 3.05) is 18.9 Å². The van der Waals surface area contributed by atoms with Crippen molar-refractivity contribution in [1.29, 1.82) is 0 Å². The number of likely N-dealkylation sites (tertiary alicyclic amines) is 1. The van der Waals surface area contributed by atoms with E-state index in [1.54, 1.807) is 24.3 Å². The number of sulfonamides is 1. The number of hydrogen-bond acceptors (Lipinski definition) is 5. The molecule has 1 atom stereocenters. The van der Waals surface area contributed by atoms with Gasteiger partial charge >= 0.3 is 0 Å². The van der Waals surface area contributed by atoms with Crippen LogP contribution >= 0.6 is 0 Å². The number of furan rings is 1. The first-order valence-electron chi connectivity index (χ1n) is 10.6. The van der Waals surface area contributed by atoms with E-state index in [4.69, 9.17) is 4.42 Å². The van der Waals surface area contributed by atoms with Crippen molar-refractivity contribution < 1.29 is 22.4 Å². The Morgan fingerprint density at radius 1 is 1.06 bits per heavy atom. The van der Waals surface area contributed by atoms with Gasteiger partial charge in [-0.05, 0) is 54.8 Å². The van der Waals surface area contributed by atoms with Gasteiger partial charge in [0.25, 0.3) is 5.91 Å². The second-order valence-corrected chi connectivity index (χ2v) is 9.94. The molecule has 172 valence electrons. The fraction of sp³-hybridized carbons (Fsp3) is 0.250. The van der Waals surface area contributed by atoms with E-state index in [-0.39, 0.29) is 29.0 Å². The number of nitrogens with one attached hydrogen (secondary N) is 1. The minimum absolute atomic E-state index is 0.134. The molecule has 1 N–H and O–H groups in total. The molecule has 4 rings (SSSR count). The van der Waals surface area contributed by atoms with Gasteiger partial charge < -0.3 is 14.6 Å². The smallest absolute Gasteiger partial charge is 0.290 e. The van der Waals surface area contributed by atoms with Crippen LogP contribution in [0.2, 0.25) is 0 Å². The highest BCUT2D eigenvalue weighted by Gasteiger charge is 2.35. The zero-order chi connectivity index (χ0) is 23.4. The van der Waals surface area contributed by atoms with E-state index in [1.165, 1.54) is 34.6 Å². The van der Waals surface area contributed by atoms with E-state index in [9.17, 15) is 18.0 Å². The molecule has 1 fully saturated rings. The number of carbonyl (C=O) groups excluding carboxylic acids is 2. The lowest BCUT2D eigenvalue weighted by Crippen LogP contribution is -2.43. The Labute approximate surface area is 192 Å². The summed E-state index contributed by atoms with van der Waals surface area (Å²) in [5, 5.41) is 2.79. The van der Waals surface area contributed by atoms with Gasteiger partial charge in [0, 0.05) is 25.8 Å². The van der Waals surface area contributed by atoms with Crippen LogP contribution in [0.5, 0.6) is 0 Å². The van der Waals surface area contributed by atoms with Gasteiger partial charge in [-0.25, -0.2) is 8.42 Å². The van der Waals surface area contributed by atoms with E-state index in [0.717, 1.165) is 12.0 Å². The van der Waals surface area contributed by atoms with Crippen LogP contribution in [0.1, 0.15) is 29.0 Å². The molecule has 2 heterocycles. The summed E-state index contributed by atoms with van der Waals surface area (Å²) in [5.74, 6) is -0.436. The van der Waals surface area contributed by atoms with E-state index >= 15 is 0 Å². The number of benzene rings is 2. The zero-order valence-corrected chi connectivity index (χ0v) is 19.0. The van der Waals surface area contributed by atoms with Gasteiger partial charge in [0.2, 0.25) is 15.9 Å². The normalized spacial score (nSPS) is 16.2. The number of nitrogens with zero attached hydrogens (tertiary/aromatic N) is 2. The van der Waals surface area contributed by atoms with E-state index in [2.05, 4.69) is 5.32 Å². The molecule has 0 bridgehead atoms. The fourth-order valence-electron chi connectivity index (χ4n) is 3.87. The van der Waals surface area contributed by atoms with Crippen LogP contribution < -0.4 is 5.32 Å². The lowest BCUT2D eigenvalue weighted by Gasteiger charge is -2.23. The highest BCUT2D eigenvalue weighted by molar-refractivity contribution is 7.89. The van der Waals surface area contributed by atoms with Crippen molar-refractivity contribution in [1.82, 2.24) is 9.21 Å². The maximum absolute atomic E-state index is 12.9. The van der Waals surface area contributed by atoms with E-state index < -0.39 is 16.1 Å². The Balaban J connectivity index is 1.41. The summed E-state index contributed by atoms with van der Waals surface area (Å²) >= 11 is 0. The standard InChI is InChI=1S/C24H25N3O5S/c1-26(17-18-7-3-2-4-8-18)33(30,31)20-13-11-19(12-14-20)25-23(28)21-9-5-15-27(21)24(29)22-10-6-16-32-22/h2-4,6-8,10-14,16,21H,5,9,15,17H2,1H3,(H,25,28). The van der Waals surface area contributed by atoms with Gasteiger partial charge in [-0.15, -0.1) is 0 Å². The third-order valence-electron chi connectivity index (χ3n) is 5.63. The lowest BCUT2D eigenvalue weighted by atomic mass is 10.2. The number of anilines is 1. The highest BCUT2D eigenvalue weighted by atomic mass is 32.2. The molecule has 1 saturated heterocycles. The molecule has 2 aromatic carbocycles. The Hall–Kier alpha value is -3.43. The number of amides is 2.